The molecule has 0 aliphatic heterocycles. The van der Waals surface area contributed by atoms with E-state index in [1.54, 1.807) is 14.2 Å². The first-order valence-electron chi connectivity index (χ1n) is 8.41. The Morgan fingerprint density at radius 3 is 2.11 bits per heavy atom. The zero-order valence-electron chi connectivity index (χ0n) is 15.3. The van der Waals surface area contributed by atoms with Gasteiger partial charge in [-0.15, -0.1) is 10.2 Å². The van der Waals surface area contributed by atoms with Crippen molar-refractivity contribution >= 4 is 11.8 Å². The average molecular weight is 386 g/mol. The van der Waals surface area contributed by atoms with Gasteiger partial charge in [0.1, 0.15) is 17.2 Å². The van der Waals surface area contributed by atoms with E-state index in [-0.39, 0.29) is 0 Å². The van der Waals surface area contributed by atoms with Gasteiger partial charge in [0.05, 0.1) is 20.8 Å². The maximum absolute atomic E-state index is 6.12. The zero-order chi connectivity index (χ0) is 19.1. The molecule has 2 aromatic carbocycles. The number of nitrogens with two attached hydrogens (primary N) is 1. The van der Waals surface area contributed by atoms with E-state index in [4.69, 9.17) is 20.1 Å². The van der Waals surface area contributed by atoms with Gasteiger partial charge in [0, 0.05) is 12.2 Å². The van der Waals surface area contributed by atoms with Crippen molar-refractivity contribution in [1.29, 1.82) is 0 Å². The molecule has 7 nitrogen and oxygen atoms in total. The molecule has 0 radical (unpaired) electrons. The number of benzene rings is 2. The minimum Gasteiger partial charge on any atom is -0.497 e. The smallest absolute Gasteiger partial charge is 0.209 e. The SMILES string of the molecule is COc1ccc(Cc2nnc(SCCOc3ccc(OC)cc3)n2N)cc1. The molecule has 0 aliphatic rings. The number of nitrogen functional groups attached to an aromatic ring is 1. The zero-order valence-corrected chi connectivity index (χ0v) is 16.1. The lowest BCUT2D eigenvalue weighted by atomic mass is 10.1. The number of thioether (sulfide) groups is 1. The molecule has 0 spiro atoms. The number of nitrogens with zero attached hydrogens (tertiary/aromatic N) is 3. The molecule has 0 bridgehead atoms. The van der Waals surface area contributed by atoms with Crippen molar-refractivity contribution < 1.29 is 14.2 Å². The van der Waals surface area contributed by atoms with E-state index in [1.165, 1.54) is 16.4 Å². The Balaban J connectivity index is 1.49. The molecule has 2 N–H and O–H groups in total. The number of methoxy groups -OCH3 is 2. The summed E-state index contributed by atoms with van der Waals surface area (Å²) in [5.41, 5.74) is 1.09. The van der Waals surface area contributed by atoms with Crippen LogP contribution in [-0.2, 0) is 6.42 Å². The minimum atomic E-state index is 0.539. The first-order chi connectivity index (χ1) is 13.2. The summed E-state index contributed by atoms with van der Waals surface area (Å²) in [5.74, 6) is 9.96. The lowest BCUT2D eigenvalue weighted by Crippen LogP contribution is -2.15. The van der Waals surface area contributed by atoms with Gasteiger partial charge in [0.15, 0.2) is 5.82 Å². The van der Waals surface area contributed by atoms with Crippen molar-refractivity contribution in [2.45, 2.75) is 11.6 Å². The molecule has 0 amide bonds. The highest BCUT2D eigenvalue weighted by atomic mass is 32.2. The monoisotopic (exact) mass is 386 g/mol. The lowest BCUT2D eigenvalue weighted by Gasteiger charge is -2.07. The minimum absolute atomic E-state index is 0.539. The van der Waals surface area contributed by atoms with Crippen LogP contribution in [0.1, 0.15) is 11.4 Å². The third-order valence-corrected chi connectivity index (χ3v) is 4.81. The van der Waals surface area contributed by atoms with Crippen LogP contribution < -0.4 is 20.1 Å². The first kappa shape index (κ1) is 18.9. The van der Waals surface area contributed by atoms with Gasteiger partial charge in [0.2, 0.25) is 5.16 Å². The van der Waals surface area contributed by atoms with Crippen molar-refractivity contribution in [2.24, 2.45) is 0 Å². The van der Waals surface area contributed by atoms with Crippen LogP contribution in [0.5, 0.6) is 17.2 Å². The number of ether oxygens (including phenoxy) is 3. The third-order valence-electron chi connectivity index (χ3n) is 3.90. The topological polar surface area (TPSA) is 84.4 Å². The summed E-state index contributed by atoms with van der Waals surface area (Å²) < 4.78 is 17.5. The van der Waals surface area contributed by atoms with Crippen LogP contribution in [0.25, 0.3) is 0 Å². The third kappa shape index (κ3) is 5.07. The Kier molecular flexibility index (Phi) is 6.43. The fraction of sp³-hybridized carbons (Fsp3) is 0.263. The largest absolute Gasteiger partial charge is 0.497 e. The van der Waals surface area contributed by atoms with Crippen LogP contribution >= 0.6 is 11.8 Å². The van der Waals surface area contributed by atoms with Gasteiger partial charge in [-0.25, -0.2) is 4.68 Å². The highest BCUT2D eigenvalue weighted by Gasteiger charge is 2.11. The normalized spacial score (nSPS) is 10.6. The molecule has 1 heterocycles. The van der Waals surface area contributed by atoms with Crippen LogP contribution in [-0.4, -0.2) is 41.5 Å². The molecule has 3 aromatic rings. The number of aromatic nitrogens is 3. The molecule has 27 heavy (non-hydrogen) atoms. The summed E-state index contributed by atoms with van der Waals surface area (Å²) in [7, 11) is 3.28. The van der Waals surface area contributed by atoms with Crippen molar-refractivity contribution in [3.05, 3.63) is 59.9 Å². The van der Waals surface area contributed by atoms with E-state index in [0.717, 1.165) is 22.8 Å². The molecular formula is C19H22N4O3S. The van der Waals surface area contributed by atoms with Crippen LogP contribution in [0.4, 0.5) is 0 Å². The van der Waals surface area contributed by atoms with Gasteiger partial charge in [0.25, 0.3) is 0 Å². The molecule has 3 rings (SSSR count). The Morgan fingerprint density at radius 2 is 1.48 bits per heavy atom. The molecule has 0 saturated carbocycles. The van der Waals surface area contributed by atoms with Gasteiger partial charge >= 0.3 is 0 Å². The summed E-state index contributed by atoms with van der Waals surface area (Å²) in [6, 6.07) is 15.3. The Morgan fingerprint density at radius 1 is 0.889 bits per heavy atom. The Labute approximate surface area is 162 Å². The number of hydrogen-bond donors (Lipinski definition) is 1. The van der Waals surface area contributed by atoms with Crippen molar-refractivity contribution in [3.63, 3.8) is 0 Å². The van der Waals surface area contributed by atoms with E-state index in [1.807, 2.05) is 48.5 Å². The van der Waals surface area contributed by atoms with Crippen LogP contribution in [0.3, 0.4) is 0 Å². The average Bonchev–Trinajstić information content (AvgIpc) is 3.06. The molecule has 142 valence electrons. The Bertz CT molecular complexity index is 850. The van der Waals surface area contributed by atoms with Gasteiger partial charge in [-0.1, -0.05) is 23.9 Å². The summed E-state index contributed by atoms with van der Waals surface area (Å²) in [6.45, 7) is 0.539. The summed E-state index contributed by atoms with van der Waals surface area (Å²) in [6.07, 6.45) is 0.608. The summed E-state index contributed by atoms with van der Waals surface area (Å²) >= 11 is 1.51. The van der Waals surface area contributed by atoms with Crippen LogP contribution in [0.15, 0.2) is 53.7 Å². The van der Waals surface area contributed by atoms with E-state index >= 15 is 0 Å². The maximum Gasteiger partial charge on any atom is 0.209 e. The molecular weight excluding hydrogens is 364 g/mol. The predicted molar refractivity (Wildman–Crippen MR) is 105 cm³/mol. The fourth-order valence-electron chi connectivity index (χ4n) is 2.42. The second-order valence-corrected chi connectivity index (χ2v) is 6.73. The van der Waals surface area contributed by atoms with E-state index in [9.17, 15) is 0 Å². The van der Waals surface area contributed by atoms with Crippen LogP contribution in [0, 0.1) is 0 Å². The van der Waals surface area contributed by atoms with E-state index in [0.29, 0.717) is 29.8 Å². The van der Waals surface area contributed by atoms with Gasteiger partial charge in [-0.2, -0.15) is 0 Å². The quantitative estimate of drug-likeness (QED) is 0.344. The molecule has 0 aliphatic carbocycles. The maximum atomic E-state index is 6.12. The summed E-state index contributed by atoms with van der Waals surface area (Å²) in [5, 5.41) is 9.02. The first-order valence-corrected chi connectivity index (χ1v) is 9.40. The number of hydrogen-bond acceptors (Lipinski definition) is 7. The molecule has 8 heteroatoms. The second-order valence-electron chi connectivity index (χ2n) is 5.67. The van der Waals surface area contributed by atoms with Crippen molar-refractivity contribution in [3.8, 4) is 17.2 Å². The Hall–Kier alpha value is -2.87. The molecule has 1 aromatic heterocycles. The second kappa shape index (κ2) is 9.18. The summed E-state index contributed by atoms with van der Waals surface area (Å²) in [4.78, 5) is 0. The lowest BCUT2D eigenvalue weighted by molar-refractivity contribution is 0.342. The van der Waals surface area contributed by atoms with Gasteiger partial charge in [-0.05, 0) is 42.0 Å². The predicted octanol–water partition coefficient (Wildman–Crippen LogP) is 2.77. The van der Waals surface area contributed by atoms with E-state index in [2.05, 4.69) is 10.2 Å². The molecule has 0 unspecified atom stereocenters. The van der Waals surface area contributed by atoms with Crippen LogP contribution in [0.2, 0.25) is 0 Å². The van der Waals surface area contributed by atoms with Gasteiger partial charge in [-0.3, -0.25) is 0 Å². The number of rotatable bonds is 9. The highest BCUT2D eigenvalue weighted by molar-refractivity contribution is 7.99. The molecule has 0 saturated heterocycles. The highest BCUT2D eigenvalue weighted by Crippen LogP contribution is 2.20. The molecule has 0 atom stereocenters. The standard InChI is InChI=1S/C19H22N4O3S/c1-24-15-5-3-14(4-6-15)13-18-21-22-19(23(18)20)27-12-11-26-17-9-7-16(25-2)8-10-17/h3-10H,11-13,20H2,1-2H3. The van der Waals surface area contributed by atoms with Gasteiger partial charge < -0.3 is 20.1 Å². The van der Waals surface area contributed by atoms with Crippen molar-refractivity contribution in [1.82, 2.24) is 14.9 Å². The van der Waals surface area contributed by atoms with E-state index < -0.39 is 0 Å². The molecule has 0 fully saturated rings. The van der Waals surface area contributed by atoms with Crippen molar-refractivity contribution in [2.75, 3.05) is 32.4 Å². The fourth-order valence-corrected chi connectivity index (χ4v) is 3.11.